The van der Waals surface area contributed by atoms with Gasteiger partial charge in [0.1, 0.15) is 4.90 Å². The summed E-state index contributed by atoms with van der Waals surface area (Å²) in [5.74, 6) is 0. The SMILES string of the molecule is Cc1ccc(NS(=O)(=O)c2cc(N)c(C)cc2Cl)cn1. The summed E-state index contributed by atoms with van der Waals surface area (Å²) in [5, 5.41) is 0.129. The topological polar surface area (TPSA) is 85.1 Å². The Labute approximate surface area is 122 Å². The lowest BCUT2D eigenvalue weighted by Gasteiger charge is -2.11. The summed E-state index contributed by atoms with van der Waals surface area (Å²) in [6, 6.07) is 6.22. The van der Waals surface area contributed by atoms with Crippen molar-refractivity contribution in [3.05, 3.63) is 46.7 Å². The molecular weight excluding hydrogens is 298 g/mol. The van der Waals surface area contributed by atoms with E-state index < -0.39 is 10.0 Å². The first-order chi connectivity index (χ1) is 9.29. The smallest absolute Gasteiger partial charge is 0.263 e. The zero-order valence-corrected chi connectivity index (χ0v) is 12.6. The minimum Gasteiger partial charge on any atom is -0.398 e. The van der Waals surface area contributed by atoms with Gasteiger partial charge in [-0.15, -0.1) is 0 Å². The van der Waals surface area contributed by atoms with Crippen LogP contribution in [0.1, 0.15) is 11.3 Å². The molecule has 0 unspecified atom stereocenters. The zero-order chi connectivity index (χ0) is 14.9. The van der Waals surface area contributed by atoms with Gasteiger partial charge in [0.2, 0.25) is 0 Å². The van der Waals surface area contributed by atoms with Gasteiger partial charge in [-0.05, 0) is 43.7 Å². The predicted molar refractivity (Wildman–Crippen MR) is 80.4 cm³/mol. The normalized spacial score (nSPS) is 11.3. The highest BCUT2D eigenvalue weighted by atomic mass is 35.5. The number of hydrogen-bond donors (Lipinski definition) is 2. The van der Waals surface area contributed by atoms with Crippen molar-refractivity contribution in [3.63, 3.8) is 0 Å². The highest BCUT2D eigenvalue weighted by molar-refractivity contribution is 7.92. The standard InChI is InChI=1S/C13H14ClN3O2S/c1-8-5-11(14)13(6-12(8)15)20(18,19)17-10-4-3-9(2)16-7-10/h3-7,17H,15H2,1-2H3. The lowest BCUT2D eigenvalue weighted by molar-refractivity contribution is 0.601. The molecule has 0 fully saturated rings. The number of hydrogen-bond acceptors (Lipinski definition) is 4. The van der Waals surface area contributed by atoms with E-state index in [-0.39, 0.29) is 9.92 Å². The highest BCUT2D eigenvalue weighted by Gasteiger charge is 2.19. The third kappa shape index (κ3) is 3.02. The van der Waals surface area contributed by atoms with Crippen LogP contribution in [-0.4, -0.2) is 13.4 Å². The Morgan fingerprint density at radius 1 is 1.25 bits per heavy atom. The first kappa shape index (κ1) is 14.6. The molecule has 0 saturated heterocycles. The molecule has 0 aliphatic carbocycles. The van der Waals surface area contributed by atoms with Crippen LogP contribution in [0.25, 0.3) is 0 Å². The summed E-state index contributed by atoms with van der Waals surface area (Å²) in [5.41, 5.74) is 8.00. The van der Waals surface area contributed by atoms with Gasteiger partial charge in [-0.3, -0.25) is 9.71 Å². The van der Waals surface area contributed by atoms with E-state index in [2.05, 4.69) is 9.71 Å². The number of nitrogens with two attached hydrogens (primary N) is 1. The Balaban J connectivity index is 2.40. The van der Waals surface area contributed by atoms with Gasteiger partial charge in [-0.1, -0.05) is 11.6 Å². The van der Waals surface area contributed by atoms with Crippen molar-refractivity contribution in [2.75, 3.05) is 10.5 Å². The molecule has 0 spiro atoms. The monoisotopic (exact) mass is 311 g/mol. The molecule has 0 aliphatic heterocycles. The van der Waals surface area contributed by atoms with Gasteiger partial charge in [0.05, 0.1) is 16.9 Å². The van der Waals surface area contributed by atoms with Crippen molar-refractivity contribution in [2.24, 2.45) is 0 Å². The molecule has 0 radical (unpaired) electrons. The van der Waals surface area contributed by atoms with Crippen LogP contribution in [0.5, 0.6) is 0 Å². The number of aryl methyl sites for hydroxylation is 2. The molecule has 0 bridgehead atoms. The minimum absolute atomic E-state index is 0.0529. The summed E-state index contributed by atoms with van der Waals surface area (Å²) < 4.78 is 27.0. The molecule has 1 aromatic heterocycles. The van der Waals surface area contributed by atoms with E-state index in [1.165, 1.54) is 18.3 Å². The van der Waals surface area contributed by atoms with Crippen LogP contribution in [-0.2, 0) is 10.0 Å². The quantitative estimate of drug-likeness (QED) is 0.853. The Hall–Kier alpha value is -1.79. The third-order valence-corrected chi connectivity index (χ3v) is 4.62. The maximum absolute atomic E-state index is 12.3. The lowest BCUT2D eigenvalue weighted by Crippen LogP contribution is -2.14. The van der Waals surface area contributed by atoms with Gasteiger partial charge in [0.15, 0.2) is 0 Å². The summed E-state index contributed by atoms with van der Waals surface area (Å²) in [7, 11) is -3.80. The number of aromatic nitrogens is 1. The first-order valence-electron chi connectivity index (χ1n) is 5.81. The van der Waals surface area contributed by atoms with Crippen molar-refractivity contribution in [1.29, 1.82) is 0 Å². The van der Waals surface area contributed by atoms with Crippen molar-refractivity contribution in [1.82, 2.24) is 4.98 Å². The van der Waals surface area contributed by atoms with Crippen molar-refractivity contribution in [3.8, 4) is 0 Å². The fourth-order valence-corrected chi connectivity index (χ4v) is 3.27. The molecule has 20 heavy (non-hydrogen) atoms. The second-order valence-electron chi connectivity index (χ2n) is 4.43. The van der Waals surface area contributed by atoms with Crippen LogP contribution in [0, 0.1) is 13.8 Å². The number of sulfonamides is 1. The van der Waals surface area contributed by atoms with E-state index in [9.17, 15) is 8.42 Å². The van der Waals surface area contributed by atoms with E-state index in [0.29, 0.717) is 11.4 Å². The third-order valence-electron chi connectivity index (χ3n) is 2.77. The predicted octanol–water partition coefficient (Wildman–Crippen LogP) is 2.73. The van der Waals surface area contributed by atoms with Crippen LogP contribution in [0.4, 0.5) is 11.4 Å². The number of rotatable bonds is 3. The van der Waals surface area contributed by atoms with Gasteiger partial charge in [-0.2, -0.15) is 0 Å². The molecule has 106 valence electrons. The Kier molecular flexibility index (Phi) is 3.87. The fourth-order valence-electron chi connectivity index (χ4n) is 1.61. The van der Waals surface area contributed by atoms with Crippen LogP contribution < -0.4 is 10.5 Å². The average molecular weight is 312 g/mol. The number of benzene rings is 1. The van der Waals surface area contributed by atoms with E-state index in [4.69, 9.17) is 17.3 Å². The molecule has 2 aromatic rings. The molecule has 5 nitrogen and oxygen atoms in total. The molecular formula is C13H14ClN3O2S. The Morgan fingerprint density at radius 3 is 2.55 bits per heavy atom. The van der Waals surface area contributed by atoms with Crippen LogP contribution in [0.3, 0.4) is 0 Å². The van der Waals surface area contributed by atoms with Crippen molar-refractivity contribution in [2.45, 2.75) is 18.7 Å². The average Bonchev–Trinajstić information content (AvgIpc) is 2.36. The number of anilines is 2. The Morgan fingerprint density at radius 2 is 1.95 bits per heavy atom. The lowest BCUT2D eigenvalue weighted by atomic mass is 10.2. The molecule has 0 aliphatic rings. The maximum atomic E-state index is 12.3. The summed E-state index contributed by atoms with van der Waals surface area (Å²) in [4.78, 5) is 3.97. The minimum atomic E-state index is -3.80. The zero-order valence-electron chi connectivity index (χ0n) is 11.0. The largest absolute Gasteiger partial charge is 0.398 e. The number of nitrogen functional groups attached to an aromatic ring is 1. The van der Waals surface area contributed by atoms with E-state index >= 15 is 0 Å². The summed E-state index contributed by atoms with van der Waals surface area (Å²) >= 11 is 5.99. The molecule has 1 aromatic carbocycles. The molecule has 0 atom stereocenters. The van der Waals surface area contributed by atoms with E-state index in [1.807, 2.05) is 6.92 Å². The van der Waals surface area contributed by atoms with Crippen LogP contribution >= 0.6 is 11.6 Å². The number of nitrogens with one attached hydrogen (secondary N) is 1. The summed E-state index contributed by atoms with van der Waals surface area (Å²) in [6.07, 6.45) is 1.44. The highest BCUT2D eigenvalue weighted by Crippen LogP contribution is 2.28. The molecule has 0 amide bonds. The van der Waals surface area contributed by atoms with Crippen LogP contribution in [0.15, 0.2) is 35.4 Å². The second kappa shape index (κ2) is 5.30. The number of pyridine rings is 1. The molecule has 2 rings (SSSR count). The van der Waals surface area contributed by atoms with Gasteiger partial charge in [0, 0.05) is 11.4 Å². The second-order valence-corrected chi connectivity index (χ2v) is 6.49. The first-order valence-corrected chi connectivity index (χ1v) is 7.67. The molecule has 0 saturated carbocycles. The Bertz CT molecular complexity index is 743. The number of halogens is 1. The van der Waals surface area contributed by atoms with Crippen molar-refractivity contribution < 1.29 is 8.42 Å². The van der Waals surface area contributed by atoms with E-state index in [0.717, 1.165) is 11.3 Å². The van der Waals surface area contributed by atoms with Crippen molar-refractivity contribution >= 4 is 33.0 Å². The fraction of sp³-hybridized carbons (Fsp3) is 0.154. The number of nitrogens with zero attached hydrogens (tertiary/aromatic N) is 1. The van der Waals surface area contributed by atoms with Crippen LogP contribution in [0.2, 0.25) is 5.02 Å². The van der Waals surface area contributed by atoms with Gasteiger partial charge < -0.3 is 5.73 Å². The maximum Gasteiger partial charge on any atom is 0.263 e. The summed E-state index contributed by atoms with van der Waals surface area (Å²) in [6.45, 7) is 3.57. The van der Waals surface area contributed by atoms with E-state index in [1.54, 1.807) is 19.1 Å². The van der Waals surface area contributed by atoms with Gasteiger partial charge in [0.25, 0.3) is 10.0 Å². The van der Waals surface area contributed by atoms with Gasteiger partial charge >= 0.3 is 0 Å². The molecule has 3 N–H and O–H groups in total. The van der Waals surface area contributed by atoms with Gasteiger partial charge in [-0.25, -0.2) is 8.42 Å². The molecule has 1 heterocycles. The molecule has 7 heteroatoms.